The Morgan fingerprint density at radius 3 is 2.68 bits per heavy atom. The number of nitrogen functional groups attached to an aromatic ring is 1. The van der Waals surface area contributed by atoms with Crippen molar-refractivity contribution in [2.45, 2.75) is 13.8 Å². The predicted octanol–water partition coefficient (Wildman–Crippen LogP) is 3.19. The van der Waals surface area contributed by atoms with Crippen molar-refractivity contribution in [1.29, 1.82) is 0 Å². The van der Waals surface area contributed by atoms with Crippen molar-refractivity contribution < 1.29 is 4.79 Å². The highest BCUT2D eigenvalue weighted by atomic mass is 35.5. The number of hydrogen-bond donors (Lipinski definition) is 2. The average molecular weight is 276 g/mol. The van der Waals surface area contributed by atoms with Crippen LogP contribution >= 0.6 is 11.6 Å². The third-order valence-electron chi connectivity index (χ3n) is 2.71. The number of anilines is 2. The fourth-order valence-corrected chi connectivity index (χ4v) is 2.06. The molecule has 0 aliphatic carbocycles. The van der Waals surface area contributed by atoms with Gasteiger partial charge in [0.1, 0.15) is 0 Å². The van der Waals surface area contributed by atoms with E-state index in [1.165, 1.54) is 0 Å². The van der Waals surface area contributed by atoms with E-state index in [4.69, 9.17) is 17.3 Å². The molecule has 0 aliphatic rings. The second-order valence-electron chi connectivity index (χ2n) is 4.38. The van der Waals surface area contributed by atoms with E-state index in [2.05, 4.69) is 10.3 Å². The number of nitrogens with zero attached hydrogens (tertiary/aromatic N) is 1. The van der Waals surface area contributed by atoms with Crippen molar-refractivity contribution in [2.75, 3.05) is 11.1 Å². The normalized spacial score (nSPS) is 10.3. The van der Waals surface area contributed by atoms with Gasteiger partial charge in [0.15, 0.2) is 5.15 Å². The zero-order valence-corrected chi connectivity index (χ0v) is 11.5. The first-order chi connectivity index (χ1) is 8.97. The van der Waals surface area contributed by atoms with Crippen molar-refractivity contribution in [3.63, 3.8) is 0 Å². The molecule has 2 aromatic rings. The number of amides is 1. The van der Waals surface area contributed by atoms with Gasteiger partial charge in [-0.15, -0.1) is 0 Å². The summed E-state index contributed by atoms with van der Waals surface area (Å²) < 4.78 is 0. The van der Waals surface area contributed by atoms with Gasteiger partial charge >= 0.3 is 0 Å². The number of aryl methyl sites for hydroxylation is 2. The lowest BCUT2D eigenvalue weighted by Crippen LogP contribution is -2.14. The van der Waals surface area contributed by atoms with Gasteiger partial charge in [0, 0.05) is 17.4 Å². The molecule has 0 saturated carbocycles. The number of hydrogen-bond acceptors (Lipinski definition) is 3. The molecule has 5 heteroatoms. The summed E-state index contributed by atoms with van der Waals surface area (Å²) in [6, 6.07) is 6.98. The van der Waals surface area contributed by atoms with Gasteiger partial charge < -0.3 is 11.1 Å². The number of pyridine rings is 1. The smallest absolute Gasteiger partial charge is 0.255 e. The molecule has 0 aliphatic heterocycles. The Labute approximate surface area is 116 Å². The molecule has 3 N–H and O–H groups in total. The molecule has 2 rings (SSSR count). The highest BCUT2D eigenvalue weighted by molar-refractivity contribution is 6.32. The Hall–Kier alpha value is -2.07. The fraction of sp³-hybridized carbons (Fsp3) is 0.143. The number of aromatic nitrogens is 1. The van der Waals surface area contributed by atoms with E-state index in [-0.39, 0.29) is 11.1 Å². The van der Waals surface area contributed by atoms with E-state index < -0.39 is 0 Å². The van der Waals surface area contributed by atoms with Crippen LogP contribution in [-0.2, 0) is 0 Å². The molecule has 1 aromatic heterocycles. The number of halogens is 1. The maximum atomic E-state index is 12.2. The molecule has 0 radical (unpaired) electrons. The standard InChI is InChI=1S/C14H14ClN3O/c1-8-5-10(7-11(16)6-8)14(19)18-12-9(2)3-4-17-13(12)15/h3-7H,16H2,1-2H3,(H,18,19). The quantitative estimate of drug-likeness (QED) is 0.653. The molecular formula is C14H14ClN3O. The maximum Gasteiger partial charge on any atom is 0.255 e. The fourth-order valence-electron chi connectivity index (χ4n) is 1.80. The summed E-state index contributed by atoms with van der Waals surface area (Å²) >= 11 is 5.97. The predicted molar refractivity (Wildman–Crippen MR) is 77.5 cm³/mol. The van der Waals surface area contributed by atoms with Gasteiger partial charge in [-0.05, 0) is 49.2 Å². The molecule has 4 nitrogen and oxygen atoms in total. The Morgan fingerprint density at radius 2 is 2.05 bits per heavy atom. The summed E-state index contributed by atoms with van der Waals surface area (Å²) in [4.78, 5) is 16.1. The van der Waals surface area contributed by atoms with Crippen LogP contribution in [0.1, 0.15) is 21.5 Å². The summed E-state index contributed by atoms with van der Waals surface area (Å²) in [6.07, 6.45) is 1.60. The first kappa shape index (κ1) is 13.4. The molecule has 0 unspecified atom stereocenters. The Bertz CT molecular complexity index is 600. The minimum absolute atomic E-state index is 0.256. The first-order valence-corrected chi connectivity index (χ1v) is 6.15. The van der Waals surface area contributed by atoms with Crippen LogP contribution in [0.2, 0.25) is 5.15 Å². The summed E-state index contributed by atoms with van der Waals surface area (Å²) in [5.41, 5.74) is 9.09. The third kappa shape index (κ3) is 3.03. The number of nitrogens with one attached hydrogen (secondary N) is 1. The van der Waals surface area contributed by atoms with E-state index in [1.807, 2.05) is 13.8 Å². The van der Waals surface area contributed by atoms with Gasteiger partial charge in [-0.2, -0.15) is 0 Å². The zero-order valence-electron chi connectivity index (χ0n) is 10.7. The largest absolute Gasteiger partial charge is 0.399 e. The zero-order chi connectivity index (χ0) is 14.0. The summed E-state index contributed by atoms with van der Waals surface area (Å²) in [6.45, 7) is 3.74. The van der Waals surface area contributed by atoms with Crippen LogP contribution < -0.4 is 11.1 Å². The number of carbonyl (C=O) groups is 1. The lowest BCUT2D eigenvalue weighted by atomic mass is 10.1. The Balaban J connectivity index is 2.31. The van der Waals surface area contributed by atoms with Gasteiger partial charge in [-0.3, -0.25) is 4.79 Å². The maximum absolute atomic E-state index is 12.2. The number of carbonyl (C=O) groups excluding carboxylic acids is 1. The van der Waals surface area contributed by atoms with Crippen molar-refractivity contribution in [2.24, 2.45) is 0 Å². The van der Waals surface area contributed by atoms with Gasteiger partial charge in [0.2, 0.25) is 0 Å². The van der Waals surface area contributed by atoms with Crippen LogP contribution in [0, 0.1) is 13.8 Å². The van der Waals surface area contributed by atoms with Gasteiger partial charge in [-0.25, -0.2) is 4.98 Å². The summed E-state index contributed by atoms with van der Waals surface area (Å²) in [7, 11) is 0. The van der Waals surface area contributed by atoms with Gasteiger partial charge in [-0.1, -0.05) is 11.6 Å². The molecule has 0 spiro atoms. The highest BCUT2D eigenvalue weighted by Crippen LogP contribution is 2.23. The van der Waals surface area contributed by atoms with Crippen molar-refractivity contribution in [1.82, 2.24) is 4.98 Å². The van der Waals surface area contributed by atoms with E-state index in [1.54, 1.807) is 30.5 Å². The minimum Gasteiger partial charge on any atom is -0.399 e. The Kier molecular flexibility index (Phi) is 3.71. The molecule has 98 valence electrons. The molecule has 0 fully saturated rings. The van der Waals surface area contributed by atoms with Crippen LogP contribution in [0.5, 0.6) is 0 Å². The lowest BCUT2D eigenvalue weighted by molar-refractivity contribution is 0.102. The monoisotopic (exact) mass is 275 g/mol. The van der Waals surface area contributed by atoms with Crippen molar-refractivity contribution in [3.8, 4) is 0 Å². The van der Waals surface area contributed by atoms with E-state index in [0.29, 0.717) is 16.9 Å². The molecule has 0 atom stereocenters. The summed E-state index contributed by atoms with van der Waals surface area (Å²) in [5.74, 6) is -0.256. The number of benzene rings is 1. The molecule has 19 heavy (non-hydrogen) atoms. The first-order valence-electron chi connectivity index (χ1n) is 5.77. The molecular weight excluding hydrogens is 262 g/mol. The van der Waals surface area contributed by atoms with Crippen LogP contribution in [0.4, 0.5) is 11.4 Å². The van der Waals surface area contributed by atoms with E-state index in [0.717, 1.165) is 11.1 Å². The number of nitrogens with two attached hydrogens (primary N) is 1. The SMILES string of the molecule is Cc1cc(N)cc(C(=O)Nc2c(C)ccnc2Cl)c1. The molecule has 1 aromatic carbocycles. The second-order valence-corrected chi connectivity index (χ2v) is 4.74. The van der Waals surface area contributed by atoms with Crippen LogP contribution in [0.15, 0.2) is 30.5 Å². The average Bonchev–Trinajstić information content (AvgIpc) is 2.32. The molecule has 0 bridgehead atoms. The lowest BCUT2D eigenvalue weighted by Gasteiger charge is -2.10. The van der Waals surface area contributed by atoms with Crippen LogP contribution in [0.3, 0.4) is 0 Å². The van der Waals surface area contributed by atoms with Gasteiger partial charge in [0.05, 0.1) is 5.69 Å². The van der Waals surface area contributed by atoms with Crippen molar-refractivity contribution >= 4 is 28.9 Å². The van der Waals surface area contributed by atoms with E-state index >= 15 is 0 Å². The third-order valence-corrected chi connectivity index (χ3v) is 3.00. The Morgan fingerprint density at radius 1 is 1.32 bits per heavy atom. The van der Waals surface area contributed by atoms with Crippen molar-refractivity contribution in [3.05, 3.63) is 52.3 Å². The van der Waals surface area contributed by atoms with Crippen LogP contribution in [0.25, 0.3) is 0 Å². The second kappa shape index (κ2) is 5.28. The van der Waals surface area contributed by atoms with Crippen LogP contribution in [-0.4, -0.2) is 10.9 Å². The molecule has 1 amide bonds. The topological polar surface area (TPSA) is 68.0 Å². The molecule has 1 heterocycles. The molecule has 0 saturated heterocycles. The number of rotatable bonds is 2. The van der Waals surface area contributed by atoms with E-state index in [9.17, 15) is 4.79 Å². The summed E-state index contributed by atoms with van der Waals surface area (Å²) in [5, 5.41) is 3.03. The van der Waals surface area contributed by atoms with Gasteiger partial charge in [0.25, 0.3) is 5.91 Å². The highest BCUT2D eigenvalue weighted by Gasteiger charge is 2.12. The minimum atomic E-state index is -0.256.